The van der Waals surface area contributed by atoms with Crippen LogP contribution in [0.5, 0.6) is 0 Å². The summed E-state index contributed by atoms with van der Waals surface area (Å²) in [6, 6.07) is 26.0. The van der Waals surface area contributed by atoms with Gasteiger partial charge in [0.25, 0.3) is 0 Å². The maximum absolute atomic E-state index is 13.7. The van der Waals surface area contributed by atoms with E-state index in [1.54, 1.807) is 16.7 Å². The van der Waals surface area contributed by atoms with Crippen LogP contribution in [-0.2, 0) is 28.3 Å². The van der Waals surface area contributed by atoms with Gasteiger partial charge in [-0.25, -0.2) is 0 Å². The predicted octanol–water partition coefficient (Wildman–Crippen LogP) is 6.09. The fourth-order valence-electron chi connectivity index (χ4n) is 4.03. The molecule has 0 aromatic heterocycles. The highest BCUT2D eigenvalue weighted by Crippen LogP contribution is 2.19. The lowest BCUT2D eigenvalue weighted by molar-refractivity contribution is -0.139. The Hall–Kier alpha value is -3.05. The van der Waals surface area contributed by atoms with Gasteiger partial charge in [-0.2, -0.15) is 0 Å². The highest BCUT2D eigenvalue weighted by atomic mass is 32.2. The van der Waals surface area contributed by atoms with Crippen molar-refractivity contribution in [1.82, 2.24) is 10.2 Å². The smallest absolute Gasteiger partial charge is 0.243 e. The summed E-state index contributed by atoms with van der Waals surface area (Å²) >= 11 is 1.60. The van der Waals surface area contributed by atoms with Crippen molar-refractivity contribution in [2.45, 2.75) is 64.9 Å². The molecule has 0 spiro atoms. The van der Waals surface area contributed by atoms with Crippen molar-refractivity contribution in [3.8, 4) is 0 Å². The number of amides is 2. The molecule has 2 atom stereocenters. The molecule has 3 aromatic carbocycles. The summed E-state index contributed by atoms with van der Waals surface area (Å²) in [4.78, 5) is 29.0. The topological polar surface area (TPSA) is 49.4 Å². The number of carbonyl (C=O) groups excluding carboxylic acids is 2. The zero-order chi connectivity index (χ0) is 25.9. The monoisotopic (exact) mass is 502 g/mol. The maximum Gasteiger partial charge on any atom is 0.243 e. The minimum atomic E-state index is -0.588. The van der Waals surface area contributed by atoms with E-state index in [1.807, 2.05) is 69.3 Å². The van der Waals surface area contributed by atoms with Crippen LogP contribution in [0, 0.1) is 13.8 Å². The van der Waals surface area contributed by atoms with Crippen molar-refractivity contribution in [2.75, 3.05) is 5.75 Å². The molecule has 0 radical (unpaired) electrons. The number of rotatable bonds is 12. The molecule has 0 aliphatic rings. The Labute approximate surface area is 220 Å². The van der Waals surface area contributed by atoms with E-state index in [9.17, 15) is 9.59 Å². The van der Waals surface area contributed by atoms with Gasteiger partial charge in [0.1, 0.15) is 6.04 Å². The van der Waals surface area contributed by atoms with Crippen molar-refractivity contribution in [1.29, 1.82) is 0 Å². The summed E-state index contributed by atoms with van der Waals surface area (Å²) in [6.07, 6.45) is 1.31. The number of hydrogen-bond donors (Lipinski definition) is 1. The van der Waals surface area contributed by atoms with E-state index >= 15 is 0 Å². The molecule has 2 unspecified atom stereocenters. The first-order valence-electron chi connectivity index (χ1n) is 12.7. The van der Waals surface area contributed by atoms with Crippen LogP contribution in [0.2, 0.25) is 0 Å². The Morgan fingerprint density at radius 1 is 0.861 bits per heavy atom. The van der Waals surface area contributed by atoms with Crippen molar-refractivity contribution in [3.05, 3.63) is 107 Å². The summed E-state index contributed by atoms with van der Waals surface area (Å²) < 4.78 is 0. The molecule has 0 aliphatic carbocycles. The standard InChI is InChI=1S/C31H38N2O2S/c1-5-25(4)32-31(35)29(19-26-11-7-6-8-12-26)33(20-27-16-14-23(2)15-17-27)30(34)22-36-21-28-13-9-10-24(3)18-28/h6-18,25,29H,5,19-22H2,1-4H3,(H,32,35). The molecular weight excluding hydrogens is 464 g/mol. The Morgan fingerprint density at radius 3 is 2.22 bits per heavy atom. The molecule has 0 aliphatic heterocycles. The van der Waals surface area contributed by atoms with Crippen LogP contribution >= 0.6 is 11.8 Å². The van der Waals surface area contributed by atoms with Crippen LogP contribution in [0.3, 0.4) is 0 Å². The molecule has 0 fully saturated rings. The zero-order valence-corrected chi connectivity index (χ0v) is 22.7. The molecular formula is C31H38N2O2S. The van der Waals surface area contributed by atoms with Gasteiger partial charge in [-0.15, -0.1) is 11.8 Å². The highest BCUT2D eigenvalue weighted by molar-refractivity contribution is 7.99. The third-order valence-electron chi connectivity index (χ3n) is 6.32. The van der Waals surface area contributed by atoms with E-state index in [4.69, 9.17) is 0 Å². The van der Waals surface area contributed by atoms with Crippen molar-refractivity contribution < 1.29 is 9.59 Å². The average Bonchev–Trinajstić information content (AvgIpc) is 2.87. The number of nitrogens with one attached hydrogen (secondary N) is 1. The van der Waals surface area contributed by atoms with E-state index in [1.165, 1.54) is 16.7 Å². The summed E-state index contributed by atoms with van der Waals surface area (Å²) in [5, 5.41) is 3.13. The molecule has 0 saturated carbocycles. The minimum absolute atomic E-state index is 0.0199. The van der Waals surface area contributed by atoms with E-state index < -0.39 is 6.04 Å². The number of carbonyl (C=O) groups is 2. The molecule has 5 heteroatoms. The molecule has 3 aromatic rings. The third kappa shape index (κ3) is 8.56. The first kappa shape index (κ1) is 27.5. The number of thioether (sulfide) groups is 1. The van der Waals surface area contributed by atoms with Crippen molar-refractivity contribution >= 4 is 23.6 Å². The van der Waals surface area contributed by atoms with Crippen LogP contribution in [0.4, 0.5) is 0 Å². The van der Waals surface area contributed by atoms with Gasteiger partial charge < -0.3 is 10.2 Å². The first-order chi connectivity index (χ1) is 17.4. The van der Waals surface area contributed by atoms with Gasteiger partial charge in [0.05, 0.1) is 5.75 Å². The van der Waals surface area contributed by atoms with E-state index in [2.05, 4.69) is 42.6 Å². The van der Waals surface area contributed by atoms with Crippen LogP contribution in [0.25, 0.3) is 0 Å². The van der Waals surface area contributed by atoms with Gasteiger partial charge in [0, 0.05) is 24.8 Å². The normalized spacial score (nSPS) is 12.6. The molecule has 4 nitrogen and oxygen atoms in total. The fourth-order valence-corrected chi connectivity index (χ4v) is 4.88. The number of nitrogens with zero attached hydrogens (tertiary/aromatic N) is 1. The van der Waals surface area contributed by atoms with E-state index in [0.717, 1.165) is 23.3 Å². The summed E-state index contributed by atoms with van der Waals surface area (Å²) in [5.74, 6) is 0.960. The quantitative estimate of drug-likeness (QED) is 0.326. The van der Waals surface area contributed by atoms with Gasteiger partial charge in [-0.1, -0.05) is 96.9 Å². The molecule has 0 saturated heterocycles. The van der Waals surface area contributed by atoms with Gasteiger partial charge in [-0.3, -0.25) is 9.59 Å². The van der Waals surface area contributed by atoms with Gasteiger partial charge in [-0.05, 0) is 43.9 Å². The SMILES string of the molecule is CCC(C)NC(=O)C(Cc1ccccc1)N(Cc1ccc(C)cc1)C(=O)CSCc1cccc(C)c1. The van der Waals surface area contributed by atoms with E-state index in [-0.39, 0.29) is 17.9 Å². The minimum Gasteiger partial charge on any atom is -0.352 e. The fraction of sp³-hybridized carbons (Fsp3) is 0.355. The lowest BCUT2D eigenvalue weighted by Gasteiger charge is -2.32. The summed E-state index contributed by atoms with van der Waals surface area (Å²) in [5.41, 5.74) is 5.64. The van der Waals surface area contributed by atoms with E-state index in [0.29, 0.717) is 18.7 Å². The van der Waals surface area contributed by atoms with Crippen LogP contribution < -0.4 is 5.32 Å². The van der Waals surface area contributed by atoms with Crippen LogP contribution in [-0.4, -0.2) is 34.6 Å². The summed E-state index contributed by atoms with van der Waals surface area (Å²) in [6.45, 7) is 8.57. The molecule has 36 heavy (non-hydrogen) atoms. The Morgan fingerprint density at radius 2 is 1.56 bits per heavy atom. The zero-order valence-electron chi connectivity index (χ0n) is 21.9. The maximum atomic E-state index is 13.7. The average molecular weight is 503 g/mol. The second kappa shape index (κ2) is 13.9. The Bertz CT molecular complexity index is 1110. The number of hydrogen-bond acceptors (Lipinski definition) is 3. The molecule has 0 bridgehead atoms. The highest BCUT2D eigenvalue weighted by Gasteiger charge is 2.30. The molecule has 2 amide bonds. The molecule has 1 N–H and O–H groups in total. The molecule has 3 rings (SSSR count). The largest absolute Gasteiger partial charge is 0.352 e. The second-order valence-corrected chi connectivity index (χ2v) is 10.5. The lowest BCUT2D eigenvalue weighted by atomic mass is 10.0. The Kier molecular flexibility index (Phi) is 10.6. The van der Waals surface area contributed by atoms with Crippen molar-refractivity contribution in [3.63, 3.8) is 0 Å². The predicted molar refractivity (Wildman–Crippen MR) is 151 cm³/mol. The van der Waals surface area contributed by atoms with Gasteiger partial charge in [0.15, 0.2) is 0 Å². The third-order valence-corrected chi connectivity index (χ3v) is 7.31. The van der Waals surface area contributed by atoms with Crippen LogP contribution in [0.1, 0.15) is 48.1 Å². The lowest BCUT2D eigenvalue weighted by Crippen LogP contribution is -2.52. The molecule has 190 valence electrons. The number of benzene rings is 3. The molecule has 0 heterocycles. The first-order valence-corrected chi connectivity index (χ1v) is 13.8. The Balaban J connectivity index is 1.85. The van der Waals surface area contributed by atoms with Crippen LogP contribution in [0.15, 0.2) is 78.9 Å². The second-order valence-electron chi connectivity index (χ2n) is 9.51. The van der Waals surface area contributed by atoms with Gasteiger partial charge >= 0.3 is 0 Å². The number of aryl methyl sites for hydroxylation is 2. The van der Waals surface area contributed by atoms with Gasteiger partial charge in [0.2, 0.25) is 11.8 Å². The summed E-state index contributed by atoms with van der Waals surface area (Å²) in [7, 11) is 0. The van der Waals surface area contributed by atoms with Crippen molar-refractivity contribution in [2.24, 2.45) is 0 Å².